The number of thiophene rings is 1. The molecule has 10 aromatic carbocycles. The number of nitrogens with zero attached hydrogens (tertiary/aromatic N) is 2. The Hall–Kier alpha value is -7.76. The summed E-state index contributed by atoms with van der Waals surface area (Å²) in [6.45, 7) is 0. The van der Waals surface area contributed by atoms with Crippen LogP contribution in [0.3, 0.4) is 0 Å². The Labute approximate surface area is 432 Å². The minimum absolute atomic E-state index is 0.405. The van der Waals surface area contributed by atoms with Gasteiger partial charge in [-0.05, 0) is 74.2 Å². The van der Waals surface area contributed by atoms with Gasteiger partial charge in [0.05, 0.1) is 87.3 Å². The van der Waals surface area contributed by atoms with Crippen molar-refractivity contribution in [2.75, 3.05) is 0 Å². The Morgan fingerprint density at radius 2 is 0.828 bits per heavy atom. The van der Waals surface area contributed by atoms with Crippen LogP contribution in [0.1, 0.15) is 54.8 Å². The highest BCUT2D eigenvalue weighted by Gasteiger charge is 2.42. The van der Waals surface area contributed by atoms with Gasteiger partial charge in [-0.2, -0.15) is 0 Å². The lowest BCUT2D eigenvalue weighted by Gasteiger charge is -2.35. The van der Waals surface area contributed by atoms with Crippen molar-refractivity contribution in [2.45, 2.75) is 0 Å². The first kappa shape index (κ1) is 14.6. The molecule has 13 rings (SSSR count). The molecule has 4 heteroatoms. The highest BCUT2D eigenvalue weighted by Crippen LogP contribution is 2.47. The Kier molecular flexibility index (Phi) is 3.36. The van der Waals surface area contributed by atoms with E-state index in [2.05, 4.69) is 0 Å². The smallest absolute Gasteiger partial charge is 0.179 e. The molecule has 3 aromatic heterocycles. The van der Waals surface area contributed by atoms with Gasteiger partial charge in [-0.3, -0.25) is 0 Å². The van der Waals surface area contributed by atoms with Gasteiger partial charge in [0.25, 0.3) is 0 Å². The lowest BCUT2D eigenvalue weighted by molar-refractivity contribution is 1.18. The first-order valence-corrected chi connectivity index (χ1v) is 21.6. The summed E-state index contributed by atoms with van der Waals surface area (Å²) in [7, 11) is -6.99. The van der Waals surface area contributed by atoms with Crippen LogP contribution in [0.4, 0.5) is 0 Å². The van der Waals surface area contributed by atoms with Crippen molar-refractivity contribution in [3.05, 3.63) is 242 Å². The first-order chi connectivity index (χ1) is 48.4. The number of rotatable bonds is 7. The second-order valence-electron chi connectivity index (χ2n) is 13.8. The summed E-state index contributed by atoms with van der Waals surface area (Å²) in [6.07, 6.45) is 0. The Morgan fingerprint density at radius 1 is 0.359 bits per heavy atom. The van der Waals surface area contributed by atoms with Gasteiger partial charge < -0.3 is 9.13 Å². The van der Waals surface area contributed by atoms with E-state index in [9.17, 15) is 37.0 Å². The maximum atomic E-state index is 11.0. The van der Waals surface area contributed by atoms with E-state index >= 15 is 0 Å². The van der Waals surface area contributed by atoms with Gasteiger partial charge in [0.1, 0.15) is 0 Å². The van der Waals surface area contributed by atoms with Crippen molar-refractivity contribution in [2.24, 2.45) is 0 Å². The molecular formula is C60H40N2SSi. The molecule has 0 N–H and O–H groups in total. The molecule has 0 fully saturated rings. The lowest BCUT2D eigenvalue weighted by atomic mass is 10.1. The van der Waals surface area contributed by atoms with Crippen LogP contribution in [0, 0.1) is 0 Å². The second-order valence-corrected chi connectivity index (χ2v) is 18.3. The largest absolute Gasteiger partial charge is 0.309 e. The number of aromatic nitrogens is 2. The van der Waals surface area contributed by atoms with Crippen LogP contribution in [0.5, 0.6) is 0 Å². The number of fused-ring (bicyclic) bond motifs is 10. The van der Waals surface area contributed by atoms with Crippen LogP contribution in [0.2, 0.25) is 0 Å². The van der Waals surface area contributed by atoms with Gasteiger partial charge >= 0.3 is 0 Å². The summed E-state index contributed by atoms with van der Waals surface area (Å²) in [5.41, 5.74) is -7.45. The van der Waals surface area contributed by atoms with Crippen molar-refractivity contribution in [3.63, 3.8) is 0 Å². The van der Waals surface area contributed by atoms with Gasteiger partial charge in [0.2, 0.25) is 0 Å². The van der Waals surface area contributed by atoms with Gasteiger partial charge in [-0.15, -0.1) is 11.3 Å². The molecule has 0 aliphatic rings. The van der Waals surface area contributed by atoms with Gasteiger partial charge in [-0.25, -0.2) is 0 Å². The fourth-order valence-electron chi connectivity index (χ4n) is 8.06. The molecule has 64 heavy (non-hydrogen) atoms. The molecule has 0 spiro atoms. The molecule has 0 atom stereocenters. The number of hydrogen-bond acceptors (Lipinski definition) is 1. The lowest BCUT2D eigenvalue weighted by Crippen LogP contribution is -2.74. The average Bonchev–Trinajstić information content (AvgIpc) is 1.36. The summed E-state index contributed by atoms with van der Waals surface area (Å²) in [6, 6.07) is -48.1. The minimum atomic E-state index is -6.99. The van der Waals surface area contributed by atoms with Gasteiger partial charge in [0.15, 0.2) is 8.07 Å². The second kappa shape index (κ2) is 14.7. The third kappa shape index (κ3) is 5.43. The van der Waals surface area contributed by atoms with Crippen molar-refractivity contribution in [1.29, 1.82) is 0 Å². The van der Waals surface area contributed by atoms with E-state index in [0.717, 1.165) is 4.57 Å². The van der Waals surface area contributed by atoms with E-state index in [4.69, 9.17) is 17.8 Å². The summed E-state index contributed by atoms with van der Waals surface area (Å²) in [4.78, 5) is 0. The summed E-state index contributed by atoms with van der Waals surface area (Å²) < 4.78 is 378. The Morgan fingerprint density at radius 3 is 1.47 bits per heavy atom. The number of benzene rings is 10. The van der Waals surface area contributed by atoms with Crippen molar-refractivity contribution >= 4 is 104 Å². The van der Waals surface area contributed by atoms with E-state index in [1.54, 1.807) is 0 Å². The van der Waals surface area contributed by atoms with Crippen molar-refractivity contribution < 1.29 is 54.8 Å². The Bertz CT molecular complexity index is 6080. The number of hydrogen-bond donors (Lipinski definition) is 0. The molecule has 0 radical (unpaired) electrons. The van der Waals surface area contributed by atoms with E-state index in [1.807, 2.05) is 0 Å². The molecule has 300 valence electrons. The van der Waals surface area contributed by atoms with Crippen molar-refractivity contribution in [1.82, 2.24) is 9.13 Å². The average molecular weight is 889 g/mol. The fourth-order valence-corrected chi connectivity index (χ4v) is 12.8. The first-order valence-electron chi connectivity index (χ1n) is 38.7. The monoisotopic (exact) mass is 889 g/mol. The molecule has 0 aliphatic heterocycles. The van der Waals surface area contributed by atoms with Crippen molar-refractivity contribution in [3.8, 4) is 22.5 Å². The summed E-state index contributed by atoms with van der Waals surface area (Å²) in [5.74, 6) is 0. The zero-order valence-electron chi connectivity index (χ0n) is 71.8. The fraction of sp³-hybridized carbons (Fsp3) is 0. The van der Waals surface area contributed by atoms with Crippen LogP contribution in [0.25, 0.3) is 86.3 Å². The molecule has 0 saturated heterocycles. The number of para-hydroxylation sites is 3. The molecule has 3 heterocycles. The van der Waals surface area contributed by atoms with E-state index < -0.39 is 357 Å². The maximum absolute atomic E-state index is 11.0. The van der Waals surface area contributed by atoms with Crippen LogP contribution >= 0.6 is 11.3 Å². The standard InChI is InChI=1S/C60H40N2SSi/c1-4-20-41(21-5-1)42-22-18-28-46(38-42)64(44-24-6-2-7-25-44,45-26-8-3-9-27-45)47-29-19-23-43(39-47)61-53-34-14-12-32-50(53)52-40-56(60-58(59(52)61)51-33-13-17-37-57(51)63-60)62-54-35-15-10-30-48(54)49-31-11-16-36-55(49)62/h1-40H/i1D,2D,3D,4D,5D,6D,7D,8D,9D,10D,11D,12D,13D,14D,15D,16D,17D,18D,19D,20D,21D,22D,23D,24D,25D,26D,27D,28D,29D,30D,31D,32D,33D,34D,35D,36D,37D,38D,39D,40D. The normalized spacial score (nSPS) is 20.8. The Balaban J connectivity index is 1.41. The predicted octanol–water partition coefficient (Wildman–Crippen LogP) is 13.3. The summed E-state index contributed by atoms with van der Waals surface area (Å²) in [5, 5.41) is -9.66. The maximum Gasteiger partial charge on any atom is 0.179 e. The van der Waals surface area contributed by atoms with Crippen LogP contribution in [-0.4, -0.2) is 17.2 Å². The van der Waals surface area contributed by atoms with E-state index in [-0.39, 0.29) is 0 Å². The quantitative estimate of drug-likeness (QED) is 0.111. The minimum Gasteiger partial charge on any atom is -0.309 e. The third-order valence-corrected chi connectivity index (χ3v) is 15.7. The third-order valence-electron chi connectivity index (χ3n) is 10.6. The molecule has 0 amide bonds. The molecule has 2 nitrogen and oxygen atoms in total. The summed E-state index contributed by atoms with van der Waals surface area (Å²) >= 11 is 0.405. The topological polar surface area (TPSA) is 9.86 Å². The van der Waals surface area contributed by atoms with Gasteiger partial charge in [-0.1, -0.05) is 199 Å². The van der Waals surface area contributed by atoms with Crippen LogP contribution in [-0.2, 0) is 0 Å². The van der Waals surface area contributed by atoms with Crippen LogP contribution < -0.4 is 20.7 Å². The van der Waals surface area contributed by atoms with E-state index in [1.165, 1.54) is 0 Å². The molecule has 0 bridgehead atoms. The molecule has 0 saturated carbocycles. The molecule has 13 aromatic rings. The van der Waals surface area contributed by atoms with Gasteiger partial charge in [0, 0.05) is 42.7 Å². The SMILES string of the molecule is [2H]c1c([2H])c([2H])c(-c2c([2H])c([2H])c([2H])c([Si](c3c([2H])c([2H])c([2H])c([2H])c3[2H])(c3c([2H])c([2H])c([2H])c([2H])c3[2H])c3c([2H])c([2H])c([2H])c(-n4c5c([2H])c([2H])c([2H])c([2H])c5c5c([2H])c(-n6c7c([2H])c([2H])c([2H])c([2H])c7c7c([2H])c([2H])c([2H])c([2H])c76)c6sc7c([2H])c([2H])c([2H])c([2H])c7c6c54)c3[2H])c2[2H])c([2H])c1[2H]. The predicted molar refractivity (Wildman–Crippen MR) is 277 cm³/mol. The molecular weight excluding hydrogens is 809 g/mol. The molecule has 0 unspecified atom stereocenters. The molecule has 0 aliphatic carbocycles. The highest BCUT2D eigenvalue weighted by molar-refractivity contribution is 7.26. The zero-order valence-corrected chi connectivity index (χ0v) is 33.6. The van der Waals surface area contributed by atoms with E-state index in [0.29, 0.717) is 15.9 Å². The zero-order chi connectivity index (χ0) is 77.0. The highest BCUT2D eigenvalue weighted by atomic mass is 32.1. The van der Waals surface area contributed by atoms with Crippen LogP contribution in [0.15, 0.2) is 242 Å².